The van der Waals surface area contributed by atoms with Gasteiger partial charge in [0.2, 0.25) is 0 Å². The van der Waals surface area contributed by atoms with Crippen molar-refractivity contribution in [2.45, 2.75) is 20.0 Å². The highest BCUT2D eigenvalue weighted by molar-refractivity contribution is 5.39. The monoisotopic (exact) mass is 235 g/mol. The number of aromatic nitrogens is 4. The lowest BCUT2D eigenvalue weighted by Crippen LogP contribution is -2.06. The first-order chi connectivity index (χ1) is 8.20. The van der Waals surface area contributed by atoms with E-state index in [1.54, 1.807) is 10.9 Å². The lowest BCUT2D eigenvalue weighted by atomic mass is 10.3. The van der Waals surface area contributed by atoms with Crippen molar-refractivity contribution in [2.24, 2.45) is 7.05 Å². The van der Waals surface area contributed by atoms with Gasteiger partial charge < -0.3 is 10.4 Å². The van der Waals surface area contributed by atoms with Crippen LogP contribution in [0.2, 0.25) is 0 Å². The highest BCUT2D eigenvalue weighted by Crippen LogP contribution is 2.10. The van der Waals surface area contributed by atoms with E-state index in [1.165, 1.54) is 5.56 Å². The van der Waals surface area contributed by atoms with E-state index >= 15 is 0 Å². The third-order valence-corrected chi connectivity index (χ3v) is 2.69. The van der Waals surface area contributed by atoms with Gasteiger partial charge in [-0.15, -0.1) is 0 Å². The zero-order valence-electron chi connectivity index (χ0n) is 10.1. The van der Waals surface area contributed by atoms with Gasteiger partial charge in [0, 0.05) is 13.2 Å². The van der Waals surface area contributed by atoms with E-state index < -0.39 is 0 Å². The average molecular weight is 235 g/mol. The Morgan fingerprint density at radius 2 is 2.18 bits per heavy atom. The number of hydrogen-bond acceptors (Lipinski definition) is 4. The average Bonchev–Trinajstić information content (AvgIpc) is 2.86. The first-order valence-corrected chi connectivity index (χ1v) is 5.55. The summed E-state index contributed by atoms with van der Waals surface area (Å²) >= 11 is 0. The van der Waals surface area contributed by atoms with Crippen molar-refractivity contribution in [2.75, 3.05) is 11.9 Å². The molecule has 0 aliphatic heterocycles. The fourth-order valence-corrected chi connectivity index (χ4v) is 1.69. The van der Waals surface area contributed by atoms with E-state index in [0.29, 0.717) is 13.1 Å². The highest BCUT2D eigenvalue weighted by atomic mass is 16.3. The van der Waals surface area contributed by atoms with Crippen LogP contribution in [0.1, 0.15) is 11.3 Å². The summed E-state index contributed by atoms with van der Waals surface area (Å²) in [6.45, 7) is 3.38. The van der Waals surface area contributed by atoms with Gasteiger partial charge >= 0.3 is 0 Å². The smallest absolute Gasteiger partial charge is 0.0729 e. The van der Waals surface area contributed by atoms with E-state index in [-0.39, 0.29) is 6.61 Å². The summed E-state index contributed by atoms with van der Waals surface area (Å²) in [5, 5.41) is 20.4. The van der Waals surface area contributed by atoms with E-state index in [0.717, 1.165) is 11.4 Å². The van der Waals surface area contributed by atoms with Gasteiger partial charge in [0.05, 0.1) is 43.5 Å². The van der Waals surface area contributed by atoms with Crippen molar-refractivity contribution in [1.82, 2.24) is 19.6 Å². The summed E-state index contributed by atoms with van der Waals surface area (Å²) in [6.07, 6.45) is 5.48. The van der Waals surface area contributed by atoms with E-state index in [9.17, 15) is 0 Å². The van der Waals surface area contributed by atoms with Crippen LogP contribution in [-0.4, -0.2) is 31.3 Å². The minimum Gasteiger partial charge on any atom is -0.394 e. The molecule has 0 saturated heterocycles. The summed E-state index contributed by atoms with van der Waals surface area (Å²) in [5.41, 5.74) is 3.27. The van der Waals surface area contributed by atoms with Gasteiger partial charge in [-0.2, -0.15) is 10.2 Å². The summed E-state index contributed by atoms with van der Waals surface area (Å²) in [5.74, 6) is 0. The molecule has 0 saturated carbocycles. The molecule has 6 nitrogen and oxygen atoms in total. The Morgan fingerprint density at radius 3 is 2.82 bits per heavy atom. The molecule has 0 bridgehead atoms. The minimum atomic E-state index is 0.0992. The second kappa shape index (κ2) is 5.01. The van der Waals surface area contributed by atoms with Crippen LogP contribution in [0.15, 0.2) is 18.6 Å². The van der Waals surface area contributed by atoms with Crippen LogP contribution in [0, 0.1) is 6.92 Å². The Hall–Kier alpha value is -1.82. The fourth-order valence-electron chi connectivity index (χ4n) is 1.69. The second-order valence-corrected chi connectivity index (χ2v) is 3.97. The number of nitrogens with zero attached hydrogens (tertiary/aromatic N) is 4. The van der Waals surface area contributed by atoms with Crippen LogP contribution < -0.4 is 5.32 Å². The first kappa shape index (κ1) is 11.7. The lowest BCUT2D eigenvalue weighted by Gasteiger charge is -2.05. The van der Waals surface area contributed by atoms with Crippen molar-refractivity contribution in [3.8, 4) is 0 Å². The number of anilines is 1. The van der Waals surface area contributed by atoms with Crippen LogP contribution in [0.25, 0.3) is 0 Å². The van der Waals surface area contributed by atoms with Crippen LogP contribution >= 0.6 is 0 Å². The Kier molecular flexibility index (Phi) is 3.43. The number of hydrogen-bond donors (Lipinski definition) is 2. The van der Waals surface area contributed by atoms with Crippen LogP contribution in [0.3, 0.4) is 0 Å². The summed E-state index contributed by atoms with van der Waals surface area (Å²) in [4.78, 5) is 0. The molecule has 0 radical (unpaired) electrons. The van der Waals surface area contributed by atoms with Gasteiger partial charge in [0.25, 0.3) is 0 Å². The zero-order valence-corrected chi connectivity index (χ0v) is 10.1. The molecule has 0 spiro atoms. The second-order valence-electron chi connectivity index (χ2n) is 3.97. The molecule has 0 aromatic carbocycles. The van der Waals surface area contributed by atoms with Crippen LogP contribution in [-0.2, 0) is 20.1 Å². The van der Waals surface area contributed by atoms with E-state index in [2.05, 4.69) is 15.5 Å². The zero-order chi connectivity index (χ0) is 12.3. The SMILES string of the molecule is Cc1cnn(C)c1CNc1cnn(CCO)c1. The third kappa shape index (κ3) is 2.65. The number of rotatable bonds is 5. The molecule has 2 N–H and O–H groups in total. The molecule has 0 amide bonds. The van der Waals surface area contributed by atoms with Gasteiger partial charge in [0.15, 0.2) is 0 Å². The standard InChI is InChI=1S/C11H17N5O/c1-9-5-13-15(2)11(9)7-12-10-6-14-16(8-10)3-4-17/h5-6,8,12,17H,3-4,7H2,1-2H3. The summed E-state index contributed by atoms with van der Waals surface area (Å²) < 4.78 is 3.57. The predicted octanol–water partition coefficient (Wildman–Crippen LogP) is 0.529. The van der Waals surface area contributed by atoms with Crippen molar-refractivity contribution < 1.29 is 5.11 Å². The highest BCUT2D eigenvalue weighted by Gasteiger charge is 2.04. The lowest BCUT2D eigenvalue weighted by molar-refractivity contribution is 0.269. The Bertz CT molecular complexity index is 468. The normalized spacial score (nSPS) is 10.8. The van der Waals surface area contributed by atoms with E-state index in [4.69, 9.17) is 5.11 Å². The maximum Gasteiger partial charge on any atom is 0.0729 e. The van der Waals surface area contributed by atoms with Crippen molar-refractivity contribution in [3.63, 3.8) is 0 Å². The number of nitrogens with one attached hydrogen (secondary N) is 1. The molecule has 0 aliphatic carbocycles. The number of aryl methyl sites for hydroxylation is 2. The molecule has 0 unspecified atom stereocenters. The van der Waals surface area contributed by atoms with Crippen molar-refractivity contribution in [3.05, 3.63) is 29.8 Å². The molecule has 0 fully saturated rings. The predicted molar refractivity (Wildman–Crippen MR) is 64.6 cm³/mol. The van der Waals surface area contributed by atoms with Gasteiger partial charge in [-0.1, -0.05) is 0 Å². The largest absolute Gasteiger partial charge is 0.394 e. The fraction of sp³-hybridized carbons (Fsp3) is 0.455. The maximum atomic E-state index is 8.79. The van der Waals surface area contributed by atoms with Gasteiger partial charge in [-0.25, -0.2) is 0 Å². The molecule has 0 aliphatic rings. The topological polar surface area (TPSA) is 67.9 Å². The first-order valence-electron chi connectivity index (χ1n) is 5.55. The molecule has 6 heteroatoms. The molecule has 92 valence electrons. The quantitative estimate of drug-likeness (QED) is 0.793. The van der Waals surface area contributed by atoms with Crippen molar-refractivity contribution >= 4 is 5.69 Å². The minimum absolute atomic E-state index is 0.0992. The Balaban J connectivity index is 1.97. The summed E-state index contributed by atoms with van der Waals surface area (Å²) in [6, 6.07) is 0. The molecular weight excluding hydrogens is 218 g/mol. The molecule has 2 heterocycles. The number of aliphatic hydroxyl groups excluding tert-OH is 1. The maximum absolute atomic E-state index is 8.79. The summed E-state index contributed by atoms with van der Waals surface area (Å²) in [7, 11) is 1.93. The number of aliphatic hydroxyl groups is 1. The Labute approximate surface area is 99.9 Å². The third-order valence-electron chi connectivity index (χ3n) is 2.69. The molecular formula is C11H17N5O. The van der Waals surface area contributed by atoms with Gasteiger partial charge in [-0.05, 0) is 12.5 Å². The van der Waals surface area contributed by atoms with Crippen LogP contribution in [0.4, 0.5) is 5.69 Å². The molecule has 2 aromatic rings. The molecule has 2 rings (SSSR count). The Morgan fingerprint density at radius 1 is 1.35 bits per heavy atom. The molecule has 17 heavy (non-hydrogen) atoms. The van der Waals surface area contributed by atoms with E-state index in [1.807, 2.05) is 31.0 Å². The van der Waals surface area contributed by atoms with Gasteiger partial charge in [-0.3, -0.25) is 9.36 Å². The molecule has 0 atom stereocenters. The molecule has 2 aromatic heterocycles. The van der Waals surface area contributed by atoms with Gasteiger partial charge in [0.1, 0.15) is 0 Å². The van der Waals surface area contributed by atoms with Crippen molar-refractivity contribution in [1.29, 1.82) is 0 Å². The van der Waals surface area contributed by atoms with Crippen LogP contribution in [0.5, 0.6) is 0 Å².